The summed E-state index contributed by atoms with van der Waals surface area (Å²) in [7, 11) is 0. The molecule has 1 saturated carbocycles. The minimum absolute atomic E-state index is 0.713. The van der Waals surface area contributed by atoms with Crippen molar-refractivity contribution in [3.05, 3.63) is 11.6 Å². The molecule has 0 saturated heterocycles. The predicted octanol–water partition coefficient (Wildman–Crippen LogP) is 1.52. The molecule has 0 aliphatic heterocycles. The van der Waals surface area contributed by atoms with Crippen LogP contribution in [0.4, 0.5) is 5.13 Å². The first-order valence-corrected chi connectivity index (χ1v) is 3.85. The molecule has 0 amide bonds. The fourth-order valence-corrected chi connectivity index (χ4v) is 1.21. The zero-order valence-electron chi connectivity index (χ0n) is 4.92. The monoisotopic (exact) mass is 139 g/mol. The molecule has 0 unspecified atom stereocenters. The van der Waals surface area contributed by atoms with Gasteiger partial charge < -0.3 is 5.32 Å². The van der Waals surface area contributed by atoms with Gasteiger partial charge in [-0.1, -0.05) is 11.3 Å². The van der Waals surface area contributed by atoms with Crippen molar-refractivity contribution >= 4 is 16.5 Å². The Morgan fingerprint density at radius 1 is 1.78 bits per heavy atom. The Balaban J connectivity index is 1.99. The van der Waals surface area contributed by atoms with Crippen LogP contribution in [0.1, 0.15) is 12.8 Å². The number of anilines is 1. The van der Waals surface area contributed by atoms with Crippen molar-refractivity contribution in [2.45, 2.75) is 18.9 Å². The fraction of sp³-hybridized carbons (Fsp3) is 0.500. The third-order valence-electron chi connectivity index (χ3n) is 1.30. The molecule has 1 aromatic rings. The van der Waals surface area contributed by atoms with Gasteiger partial charge in [0.1, 0.15) is 0 Å². The first-order valence-electron chi connectivity index (χ1n) is 3.03. The number of nitrogens with zero attached hydrogens (tertiary/aromatic N) is 1. The molecule has 0 aromatic carbocycles. The first-order chi connectivity index (χ1) is 4.45. The van der Waals surface area contributed by atoms with Gasteiger partial charge in [-0.25, -0.2) is 4.98 Å². The molecule has 47 valence electrons. The highest BCUT2D eigenvalue weighted by molar-refractivity contribution is 7.13. The molecule has 1 radical (unpaired) electrons. The van der Waals surface area contributed by atoms with Crippen LogP contribution in [0.3, 0.4) is 0 Å². The van der Waals surface area contributed by atoms with Crippen molar-refractivity contribution in [1.82, 2.24) is 4.98 Å². The lowest BCUT2D eigenvalue weighted by Crippen LogP contribution is -1.98. The van der Waals surface area contributed by atoms with Crippen molar-refractivity contribution in [1.29, 1.82) is 0 Å². The van der Waals surface area contributed by atoms with E-state index in [4.69, 9.17) is 0 Å². The maximum atomic E-state index is 4.05. The lowest BCUT2D eigenvalue weighted by Gasteiger charge is -1.94. The summed E-state index contributed by atoms with van der Waals surface area (Å²) in [5.41, 5.74) is 0. The smallest absolute Gasteiger partial charge is 0.183 e. The average molecular weight is 139 g/mol. The largest absolute Gasteiger partial charge is 0.359 e. The van der Waals surface area contributed by atoms with Crippen molar-refractivity contribution in [3.63, 3.8) is 0 Å². The summed E-state index contributed by atoms with van der Waals surface area (Å²) in [6.07, 6.45) is 4.31. The summed E-state index contributed by atoms with van der Waals surface area (Å²) in [5, 5.41) is 7.21. The van der Waals surface area contributed by atoms with Gasteiger partial charge in [-0.15, -0.1) is 0 Å². The Bertz CT molecular complexity index is 179. The molecule has 1 aromatic heterocycles. The second kappa shape index (κ2) is 1.99. The molecule has 1 N–H and O–H groups in total. The highest BCUT2D eigenvalue weighted by Crippen LogP contribution is 2.25. The van der Waals surface area contributed by atoms with E-state index in [2.05, 4.69) is 15.7 Å². The molecule has 0 spiro atoms. The summed E-state index contributed by atoms with van der Waals surface area (Å²) in [6.45, 7) is 0. The number of nitrogens with one attached hydrogen (secondary N) is 1. The zero-order valence-corrected chi connectivity index (χ0v) is 5.74. The lowest BCUT2D eigenvalue weighted by atomic mass is 10.7. The Labute approximate surface area is 57.9 Å². The van der Waals surface area contributed by atoms with E-state index in [1.807, 2.05) is 0 Å². The number of rotatable bonds is 2. The van der Waals surface area contributed by atoms with Gasteiger partial charge >= 0.3 is 0 Å². The zero-order chi connectivity index (χ0) is 6.10. The van der Waals surface area contributed by atoms with E-state index < -0.39 is 0 Å². The summed E-state index contributed by atoms with van der Waals surface area (Å²) < 4.78 is 0. The quantitative estimate of drug-likeness (QED) is 0.672. The number of aromatic nitrogens is 1. The average Bonchev–Trinajstić information content (AvgIpc) is 2.46. The minimum atomic E-state index is 0.713. The minimum Gasteiger partial charge on any atom is -0.359 e. The maximum Gasteiger partial charge on any atom is 0.183 e. The Morgan fingerprint density at radius 3 is 3.22 bits per heavy atom. The first kappa shape index (κ1) is 5.23. The summed E-state index contributed by atoms with van der Waals surface area (Å²) in [5.74, 6) is 0. The Hall–Kier alpha value is -0.570. The third-order valence-corrected chi connectivity index (χ3v) is 1.93. The number of hydrogen-bond donors (Lipinski definition) is 1. The van der Waals surface area contributed by atoms with Crippen LogP contribution in [0.5, 0.6) is 0 Å². The van der Waals surface area contributed by atoms with Crippen LogP contribution in [0, 0.1) is 5.38 Å². The molecule has 9 heavy (non-hydrogen) atoms. The van der Waals surface area contributed by atoms with E-state index in [1.54, 1.807) is 17.5 Å². The van der Waals surface area contributed by atoms with Gasteiger partial charge in [-0.3, -0.25) is 0 Å². The fourth-order valence-electron chi connectivity index (χ4n) is 0.663. The van der Waals surface area contributed by atoms with E-state index in [-0.39, 0.29) is 0 Å². The summed E-state index contributed by atoms with van der Waals surface area (Å²) >= 11 is 1.54. The Kier molecular flexibility index (Phi) is 1.16. The molecule has 1 fully saturated rings. The van der Waals surface area contributed by atoms with Crippen molar-refractivity contribution in [3.8, 4) is 0 Å². The van der Waals surface area contributed by atoms with Crippen molar-refractivity contribution in [2.24, 2.45) is 0 Å². The summed E-state index contributed by atoms with van der Waals surface area (Å²) in [4.78, 5) is 4.05. The van der Waals surface area contributed by atoms with E-state index in [9.17, 15) is 0 Å². The Morgan fingerprint density at radius 2 is 2.67 bits per heavy atom. The molecule has 0 bridgehead atoms. The van der Waals surface area contributed by atoms with Crippen LogP contribution in [0.15, 0.2) is 6.20 Å². The van der Waals surface area contributed by atoms with Crippen LogP contribution in [-0.4, -0.2) is 11.0 Å². The standard InChI is InChI=1S/C6H7N2S/c1-2-5(1)8-6-7-3-4-9-6/h3,5H,1-2H2,(H,7,8). The van der Waals surface area contributed by atoms with Crippen LogP contribution in [0.2, 0.25) is 0 Å². The number of thiazole rings is 1. The van der Waals surface area contributed by atoms with Crippen LogP contribution in [0.25, 0.3) is 0 Å². The molecule has 1 aliphatic carbocycles. The molecular formula is C6H7N2S. The highest BCUT2D eigenvalue weighted by Gasteiger charge is 2.21. The van der Waals surface area contributed by atoms with Crippen LogP contribution >= 0.6 is 11.3 Å². The topological polar surface area (TPSA) is 24.9 Å². The van der Waals surface area contributed by atoms with Gasteiger partial charge in [-0.2, -0.15) is 0 Å². The van der Waals surface area contributed by atoms with Gasteiger partial charge in [-0.05, 0) is 12.8 Å². The highest BCUT2D eigenvalue weighted by atomic mass is 32.1. The van der Waals surface area contributed by atoms with Gasteiger partial charge in [0.2, 0.25) is 0 Å². The molecule has 1 heterocycles. The third kappa shape index (κ3) is 1.21. The van der Waals surface area contributed by atoms with Gasteiger partial charge in [0, 0.05) is 12.2 Å². The molecular weight excluding hydrogens is 132 g/mol. The van der Waals surface area contributed by atoms with E-state index in [0.29, 0.717) is 6.04 Å². The molecule has 2 nitrogen and oxygen atoms in total. The van der Waals surface area contributed by atoms with Gasteiger partial charge in [0.05, 0.1) is 5.38 Å². The van der Waals surface area contributed by atoms with Crippen molar-refractivity contribution in [2.75, 3.05) is 5.32 Å². The second-order valence-electron chi connectivity index (χ2n) is 2.20. The summed E-state index contributed by atoms with van der Waals surface area (Å²) in [6, 6.07) is 0.713. The van der Waals surface area contributed by atoms with E-state index in [0.717, 1.165) is 5.13 Å². The molecule has 1 aliphatic rings. The molecule has 0 atom stereocenters. The van der Waals surface area contributed by atoms with Crippen LogP contribution < -0.4 is 5.32 Å². The number of hydrogen-bond acceptors (Lipinski definition) is 3. The molecule has 3 heteroatoms. The van der Waals surface area contributed by atoms with E-state index in [1.165, 1.54) is 12.8 Å². The molecule has 2 rings (SSSR count). The second-order valence-corrected chi connectivity index (χ2v) is 3.03. The van der Waals surface area contributed by atoms with E-state index >= 15 is 0 Å². The van der Waals surface area contributed by atoms with Gasteiger partial charge in [0.25, 0.3) is 0 Å². The normalized spacial score (nSPS) is 17.8. The lowest BCUT2D eigenvalue weighted by molar-refractivity contribution is 1.14. The predicted molar refractivity (Wildman–Crippen MR) is 37.6 cm³/mol. The SMILES string of the molecule is [c]1cnc(NC2CC2)s1. The maximum absolute atomic E-state index is 4.05. The van der Waals surface area contributed by atoms with Crippen molar-refractivity contribution < 1.29 is 0 Å². The van der Waals surface area contributed by atoms with Gasteiger partial charge in [0.15, 0.2) is 5.13 Å². The van der Waals surface area contributed by atoms with Crippen LogP contribution in [-0.2, 0) is 0 Å².